The van der Waals surface area contributed by atoms with Gasteiger partial charge < -0.3 is 5.32 Å². The van der Waals surface area contributed by atoms with E-state index >= 15 is 0 Å². The van der Waals surface area contributed by atoms with E-state index in [1.165, 1.54) is 42.4 Å². The molecule has 1 heteroatoms. The average molecular weight is 243 g/mol. The maximum Gasteiger partial charge on any atom is 0.0294 e. The second-order valence-corrected chi connectivity index (χ2v) is 5.54. The van der Waals surface area contributed by atoms with E-state index in [9.17, 15) is 0 Å². The van der Waals surface area contributed by atoms with Crippen LogP contribution in [0.3, 0.4) is 0 Å². The lowest BCUT2D eigenvalue weighted by Gasteiger charge is -2.17. The van der Waals surface area contributed by atoms with Gasteiger partial charge in [0.05, 0.1) is 0 Å². The molecule has 1 aliphatic rings. The Bertz CT molecular complexity index is 431. The lowest BCUT2D eigenvalue weighted by molar-refractivity contribution is 0.570. The first kappa shape index (κ1) is 13.4. The van der Waals surface area contributed by atoms with Crippen molar-refractivity contribution < 1.29 is 0 Å². The Morgan fingerprint density at radius 1 is 1.28 bits per heavy atom. The van der Waals surface area contributed by atoms with E-state index < -0.39 is 0 Å². The van der Waals surface area contributed by atoms with Crippen LogP contribution >= 0.6 is 0 Å². The van der Waals surface area contributed by atoms with Gasteiger partial charge in [0.2, 0.25) is 0 Å². The first-order chi connectivity index (χ1) is 8.66. The summed E-state index contributed by atoms with van der Waals surface area (Å²) in [6, 6.07) is 7.17. The lowest BCUT2D eigenvalue weighted by Crippen LogP contribution is -2.21. The van der Waals surface area contributed by atoms with Gasteiger partial charge in [-0.3, -0.25) is 0 Å². The molecule has 0 radical (unpaired) electrons. The van der Waals surface area contributed by atoms with Crippen LogP contribution in [-0.2, 0) is 0 Å². The van der Waals surface area contributed by atoms with Gasteiger partial charge >= 0.3 is 0 Å². The maximum absolute atomic E-state index is 3.65. The Kier molecular flexibility index (Phi) is 4.60. The Balaban J connectivity index is 1.86. The zero-order valence-electron chi connectivity index (χ0n) is 11.9. The van der Waals surface area contributed by atoms with Crippen LogP contribution < -0.4 is 5.32 Å². The molecule has 1 aromatic carbocycles. The predicted octanol–water partition coefficient (Wildman–Crippen LogP) is 4.45. The average Bonchev–Trinajstić information content (AvgIpc) is 2.85. The minimum Gasteiger partial charge on any atom is -0.310 e. The third-order valence-corrected chi connectivity index (χ3v) is 3.93. The van der Waals surface area contributed by atoms with Gasteiger partial charge in [0.1, 0.15) is 0 Å². The summed E-state index contributed by atoms with van der Waals surface area (Å²) >= 11 is 0. The molecule has 1 N–H and O–H groups in total. The van der Waals surface area contributed by atoms with Crippen molar-refractivity contribution in [3.63, 3.8) is 0 Å². The van der Waals surface area contributed by atoms with Crippen LogP contribution in [0.2, 0.25) is 0 Å². The Hall–Kier alpha value is -1.08. The maximum atomic E-state index is 3.65. The minimum atomic E-state index is 0.451. The second-order valence-electron chi connectivity index (χ2n) is 5.54. The number of aryl methyl sites for hydroxylation is 2. The van der Waals surface area contributed by atoms with Gasteiger partial charge in [-0.25, -0.2) is 0 Å². The third kappa shape index (κ3) is 3.46. The van der Waals surface area contributed by atoms with Crippen molar-refractivity contribution in [2.24, 2.45) is 0 Å². The largest absolute Gasteiger partial charge is 0.310 e. The third-order valence-electron chi connectivity index (χ3n) is 3.93. The van der Waals surface area contributed by atoms with E-state index in [0.29, 0.717) is 6.04 Å². The zero-order chi connectivity index (χ0) is 13.0. The van der Waals surface area contributed by atoms with Crippen molar-refractivity contribution in [1.82, 2.24) is 5.32 Å². The first-order valence-corrected chi connectivity index (χ1v) is 7.15. The molecule has 0 aliphatic heterocycles. The van der Waals surface area contributed by atoms with Crippen LogP contribution in [-0.4, -0.2) is 6.54 Å². The molecule has 0 amide bonds. The fourth-order valence-corrected chi connectivity index (χ4v) is 2.75. The summed E-state index contributed by atoms with van der Waals surface area (Å²) in [5, 5.41) is 3.65. The molecule has 1 nitrogen and oxygen atoms in total. The van der Waals surface area contributed by atoms with Crippen molar-refractivity contribution in [3.8, 4) is 0 Å². The predicted molar refractivity (Wildman–Crippen MR) is 78.9 cm³/mol. The van der Waals surface area contributed by atoms with Gasteiger partial charge in [0, 0.05) is 6.04 Å². The Morgan fingerprint density at radius 3 is 2.83 bits per heavy atom. The zero-order valence-corrected chi connectivity index (χ0v) is 11.9. The molecular weight excluding hydrogens is 218 g/mol. The summed E-state index contributed by atoms with van der Waals surface area (Å²) in [6.45, 7) is 7.73. The van der Waals surface area contributed by atoms with Crippen LogP contribution in [0.15, 0.2) is 29.8 Å². The highest BCUT2D eigenvalue weighted by molar-refractivity contribution is 5.32. The van der Waals surface area contributed by atoms with Gasteiger partial charge in [0.15, 0.2) is 0 Å². The van der Waals surface area contributed by atoms with E-state index in [1.807, 2.05) is 0 Å². The van der Waals surface area contributed by atoms with E-state index in [1.54, 1.807) is 5.57 Å². The van der Waals surface area contributed by atoms with Crippen molar-refractivity contribution in [2.45, 2.75) is 52.5 Å². The first-order valence-electron chi connectivity index (χ1n) is 7.15. The highest BCUT2D eigenvalue weighted by Gasteiger charge is 2.09. The summed E-state index contributed by atoms with van der Waals surface area (Å²) in [7, 11) is 0. The molecule has 0 bridgehead atoms. The molecule has 1 aromatic rings. The molecule has 2 rings (SSSR count). The van der Waals surface area contributed by atoms with E-state index in [2.05, 4.69) is 50.4 Å². The summed E-state index contributed by atoms with van der Waals surface area (Å²) < 4.78 is 0. The fourth-order valence-electron chi connectivity index (χ4n) is 2.75. The van der Waals surface area contributed by atoms with E-state index in [0.717, 1.165) is 6.54 Å². The molecule has 98 valence electrons. The summed E-state index contributed by atoms with van der Waals surface area (Å²) in [5.41, 5.74) is 5.83. The molecule has 1 atom stereocenters. The van der Waals surface area contributed by atoms with Crippen LogP contribution in [0.1, 0.15) is 55.3 Å². The van der Waals surface area contributed by atoms with E-state index in [4.69, 9.17) is 0 Å². The molecule has 0 saturated heterocycles. The van der Waals surface area contributed by atoms with Gasteiger partial charge in [0.25, 0.3) is 0 Å². The number of hydrogen-bond acceptors (Lipinski definition) is 1. The molecule has 1 unspecified atom stereocenters. The molecule has 0 saturated carbocycles. The summed E-state index contributed by atoms with van der Waals surface area (Å²) in [6.07, 6.45) is 7.61. The molecule has 0 spiro atoms. The molecule has 1 aliphatic carbocycles. The number of allylic oxidation sites excluding steroid dienone is 1. The highest BCUT2D eigenvalue weighted by Crippen LogP contribution is 2.21. The van der Waals surface area contributed by atoms with Crippen molar-refractivity contribution in [3.05, 3.63) is 46.5 Å². The van der Waals surface area contributed by atoms with Crippen molar-refractivity contribution >= 4 is 0 Å². The molecule has 0 fully saturated rings. The Labute approximate surface area is 111 Å². The fraction of sp³-hybridized carbons (Fsp3) is 0.529. The normalized spacial score (nSPS) is 16.7. The van der Waals surface area contributed by atoms with Gasteiger partial charge in [-0.15, -0.1) is 0 Å². The van der Waals surface area contributed by atoms with Gasteiger partial charge in [-0.2, -0.15) is 0 Å². The molecular formula is C17H25N. The van der Waals surface area contributed by atoms with Gasteiger partial charge in [-0.1, -0.05) is 35.4 Å². The lowest BCUT2D eigenvalue weighted by atomic mass is 10.00. The van der Waals surface area contributed by atoms with Crippen LogP contribution in [0, 0.1) is 13.8 Å². The quantitative estimate of drug-likeness (QED) is 0.753. The van der Waals surface area contributed by atoms with Crippen LogP contribution in [0.25, 0.3) is 0 Å². The molecule has 18 heavy (non-hydrogen) atoms. The minimum absolute atomic E-state index is 0.451. The number of benzene rings is 1. The monoisotopic (exact) mass is 243 g/mol. The van der Waals surface area contributed by atoms with Crippen LogP contribution in [0.5, 0.6) is 0 Å². The molecule has 0 aromatic heterocycles. The number of hydrogen-bond donors (Lipinski definition) is 1. The van der Waals surface area contributed by atoms with Crippen LogP contribution in [0.4, 0.5) is 0 Å². The van der Waals surface area contributed by atoms with Crippen molar-refractivity contribution in [1.29, 1.82) is 0 Å². The molecule has 0 heterocycles. The Morgan fingerprint density at radius 2 is 2.11 bits per heavy atom. The highest BCUT2D eigenvalue weighted by atomic mass is 14.9. The SMILES string of the molecule is Cc1ccc(C)c(C(C)NCCC2=CCCC2)c1. The second kappa shape index (κ2) is 6.19. The summed E-state index contributed by atoms with van der Waals surface area (Å²) in [5.74, 6) is 0. The van der Waals surface area contributed by atoms with Crippen molar-refractivity contribution in [2.75, 3.05) is 6.54 Å². The smallest absolute Gasteiger partial charge is 0.0294 e. The van der Waals surface area contributed by atoms with Gasteiger partial charge in [-0.05, 0) is 64.1 Å². The number of nitrogens with one attached hydrogen (secondary N) is 1. The summed E-state index contributed by atoms with van der Waals surface area (Å²) in [4.78, 5) is 0. The topological polar surface area (TPSA) is 12.0 Å². The standard InChI is InChI=1S/C17H25N/c1-13-8-9-14(2)17(12-13)15(3)18-11-10-16-6-4-5-7-16/h6,8-9,12,15,18H,4-5,7,10-11H2,1-3H3. The number of rotatable bonds is 5. The van der Waals surface area contributed by atoms with E-state index in [-0.39, 0.29) is 0 Å².